The molecule has 0 aliphatic carbocycles. The van der Waals surface area contributed by atoms with E-state index in [-0.39, 0.29) is 38.9 Å². The number of nitrogens with zero attached hydrogens (tertiary/aromatic N) is 4. The molecule has 3 aromatic carbocycles. The van der Waals surface area contributed by atoms with Crippen molar-refractivity contribution >= 4 is 57.4 Å². The molecule has 1 heterocycles. The number of fused-ring (bicyclic) bond motifs is 1. The first-order chi connectivity index (χ1) is 15.3. The maximum absolute atomic E-state index is 13.5. The van der Waals surface area contributed by atoms with Gasteiger partial charge in [0.1, 0.15) is 0 Å². The highest BCUT2D eigenvalue weighted by Crippen LogP contribution is 2.43. The quantitative estimate of drug-likeness (QED) is 0.245. The summed E-state index contributed by atoms with van der Waals surface area (Å²) in [5.74, 6) is 0. The van der Waals surface area contributed by atoms with E-state index in [0.29, 0.717) is 22.2 Å². The Hall–Kier alpha value is -2.93. The Balaban J connectivity index is 1.98. The van der Waals surface area contributed by atoms with Crippen molar-refractivity contribution in [2.75, 3.05) is 0 Å². The minimum Gasteiger partial charge on any atom is -0.286 e. The molecule has 0 fully saturated rings. The van der Waals surface area contributed by atoms with Crippen LogP contribution in [0.4, 0.5) is 0 Å². The fourth-order valence-corrected chi connectivity index (χ4v) is 4.61. The summed E-state index contributed by atoms with van der Waals surface area (Å²) in [4.78, 5) is 13.5. The van der Waals surface area contributed by atoms with Gasteiger partial charge in [-0.15, -0.1) is 0 Å². The summed E-state index contributed by atoms with van der Waals surface area (Å²) in [6, 6.07) is 18.0. The molecule has 0 bridgehead atoms. The zero-order valence-electron chi connectivity index (χ0n) is 16.2. The molecule has 9 heteroatoms. The molecule has 4 rings (SSSR count). The largest absolute Gasteiger partial charge is 0.329 e. The molecule has 0 aliphatic rings. The van der Waals surface area contributed by atoms with Crippen LogP contribution in [0, 0.1) is 22.7 Å². The summed E-state index contributed by atoms with van der Waals surface area (Å²) >= 11 is 25.6. The van der Waals surface area contributed by atoms with E-state index in [2.05, 4.69) is 12.1 Å². The molecule has 0 saturated heterocycles. The van der Waals surface area contributed by atoms with Gasteiger partial charge in [0.15, 0.2) is 0 Å². The monoisotopic (exact) mass is 500 g/mol. The second-order valence-corrected chi connectivity index (χ2v) is 8.54. The highest BCUT2D eigenvalue weighted by molar-refractivity contribution is 6.55. The van der Waals surface area contributed by atoms with Crippen molar-refractivity contribution in [1.29, 1.82) is 10.5 Å². The predicted molar refractivity (Wildman–Crippen MR) is 127 cm³/mol. The third kappa shape index (κ3) is 3.86. The smallest absolute Gasteiger partial charge is 0.286 e. The lowest BCUT2D eigenvalue weighted by molar-refractivity contribution is 0.701. The van der Waals surface area contributed by atoms with Gasteiger partial charge in [-0.3, -0.25) is 9.13 Å². The molecule has 4 aromatic rings. The molecule has 0 N–H and O–H groups in total. The van der Waals surface area contributed by atoms with Crippen LogP contribution < -0.4 is 5.69 Å². The third-order valence-electron chi connectivity index (χ3n) is 5.01. The first-order valence-corrected chi connectivity index (χ1v) is 10.8. The normalized spacial score (nSPS) is 10.8. The number of hydrogen-bond donors (Lipinski definition) is 0. The van der Waals surface area contributed by atoms with E-state index in [4.69, 9.17) is 46.4 Å². The van der Waals surface area contributed by atoms with E-state index >= 15 is 0 Å². The Morgan fingerprint density at radius 1 is 0.688 bits per heavy atom. The van der Waals surface area contributed by atoms with E-state index in [1.165, 1.54) is 9.13 Å². The Kier molecular flexibility index (Phi) is 6.20. The average molecular weight is 502 g/mol. The van der Waals surface area contributed by atoms with E-state index in [1.807, 2.05) is 0 Å². The van der Waals surface area contributed by atoms with Gasteiger partial charge >= 0.3 is 5.69 Å². The summed E-state index contributed by atoms with van der Waals surface area (Å²) in [6.07, 6.45) is 0. The van der Waals surface area contributed by atoms with Crippen molar-refractivity contribution in [1.82, 2.24) is 9.13 Å². The molecule has 1 aromatic heterocycles. The molecule has 0 radical (unpaired) electrons. The molecule has 158 valence electrons. The van der Waals surface area contributed by atoms with Gasteiger partial charge in [0, 0.05) is 0 Å². The number of halogens is 4. The zero-order chi connectivity index (χ0) is 23.0. The first kappa shape index (κ1) is 22.3. The number of benzene rings is 3. The van der Waals surface area contributed by atoms with Crippen LogP contribution in [0.3, 0.4) is 0 Å². The first-order valence-electron chi connectivity index (χ1n) is 9.28. The second kappa shape index (κ2) is 8.90. The summed E-state index contributed by atoms with van der Waals surface area (Å²) in [7, 11) is 0. The second-order valence-electron chi connectivity index (χ2n) is 7.03. The van der Waals surface area contributed by atoms with E-state index in [1.54, 1.807) is 48.5 Å². The van der Waals surface area contributed by atoms with Gasteiger partial charge in [0.2, 0.25) is 0 Å². The minimum atomic E-state index is -0.383. The van der Waals surface area contributed by atoms with Crippen LogP contribution in [-0.2, 0) is 13.1 Å². The molecule has 0 aliphatic heterocycles. The molecular formula is C23H12Cl4N4O. The topological polar surface area (TPSA) is 74.5 Å². The van der Waals surface area contributed by atoms with Gasteiger partial charge in [0.05, 0.1) is 67.5 Å². The molecular weight excluding hydrogens is 490 g/mol. The molecule has 0 saturated carbocycles. The third-order valence-corrected chi connectivity index (χ3v) is 6.80. The van der Waals surface area contributed by atoms with Gasteiger partial charge in [-0.05, 0) is 35.4 Å². The Bertz CT molecular complexity index is 1410. The van der Waals surface area contributed by atoms with Gasteiger partial charge in [-0.1, -0.05) is 70.7 Å². The summed E-state index contributed by atoms with van der Waals surface area (Å²) in [5.41, 5.74) is 2.71. The molecule has 0 spiro atoms. The predicted octanol–water partition coefficient (Wildman–Crippen LogP) is 6.26. The lowest BCUT2D eigenvalue weighted by atomic mass is 10.1. The van der Waals surface area contributed by atoms with Crippen LogP contribution >= 0.6 is 46.4 Å². The maximum Gasteiger partial charge on any atom is 0.329 e. The van der Waals surface area contributed by atoms with Gasteiger partial charge in [0.25, 0.3) is 0 Å². The fourth-order valence-electron chi connectivity index (χ4n) is 3.58. The van der Waals surface area contributed by atoms with Crippen LogP contribution in [0.5, 0.6) is 0 Å². The number of rotatable bonds is 4. The van der Waals surface area contributed by atoms with E-state index in [9.17, 15) is 15.3 Å². The lowest BCUT2D eigenvalue weighted by Gasteiger charge is -2.09. The van der Waals surface area contributed by atoms with Gasteiger partial charge < -0.3 is 0 Å². The lowest BCUT2D eigenvalue weighted by Crippen LogP contribution is -2.25. The standard InChI is InChI=1S/C23H12Cl4N4O/c24-17-18(25)20(27)22-21(19(17)26)30(11-15-5-1-3-13(7-15)9-28)23(32)31(22)12-16-6-2-4-14(8-16)10-29/h1-8H,11-12H2. The number of nitriles is 2. The van der Waals surface area contributed by atoms with Crippen LogP contribution in [0.2, 0.25) is 20.1 Å². The number of aromatic nitrogens is 2. The van der Waals surface area contributed by atoms with Gasteiger partial charge in [-0.2, -0.15) is 10.5 Å². The molecule has 0 amide bonds. The van der Waals surface area contributed by atoms with Crippen molar-refractivity contribution < 1.29 is 0 Å². The average Bonchev–Trinajstić information content (AvgIpc) is 3.08. The number of imidazole rings is 1. The SMILES string of the molecule is N#Cc1cccc(Cn2c(=O)n(Cc3cccc(C#N)c3)c3c(Cl)c(Cl)c(Cl)c(Cl)c32)c1. The summed E-state index contributed by atoms with van der Waals surface area (Å²) in [5, 5.41) is 18.7. The van der Waals surface area contributed by atoms with Crippen LogP contribution in [0.1, 0.15) is 22.3 Å². The molecule has 32 heavy (non-hydrogen) atoms. The Morgan fingerprint density at radius 3 is 1.47 bits per heavy atom. The van der Waals surface area contributed by atoms with Crippen LogP contribution in [-0.4, -0.2) is 9.13 Å². The highest BCUT2D eigenvalue weighted by Gasteiger charge is 2.24. The van der Waals surface area contributed by atoms with E-state index < -0.39 is 0 Å². The highest BCUT2D eigenvalue weighted by atomic mass is 35.5. The van der Waals surface area contributed by atoms with Crippen molar-refractivity contribution in [3.8, 4) is 12.1 Å². The zero-order valence-corrected chi connectivity index (χ0v) is 19.3. The van der Waals surface area contributed by atoms with Crippen LogP contribution in [0.25, 0.3) is 11.0 Å². The minimum absolute atomic E-state index is 0.0500. The van der Waals surface area contributed by atoms with Crippen molar-refractivity contribution in [3.63, 3.8) is 0 Å². The van der Waals surface area contributed by atoms with Crippen molar-refractivity contribution in [2.24, 2.45) is 0 Å². The van der Waals surface area contributed by atoms with Gasteiger partial charge in [-0.25, -0.2) is 4.79 Å². The Morgan fingerprint density at radius 2 is 1.09 bits per heavy atom. The van der Waals surface area contributed by atoms with Crippen molar-refractivity contribution in [3.05, 3.63) is 101 Å². The molecule has 5 nitrogen and oxygen atoms in total. The maximum atomic E-state index is 13.5. The summed E-state index contributed by atoms with van der Waals surface area (Å²) < 4.78 is 2.91. The summed E-state index contributed by atoms with van der Waals surface area (Å²) in [6.45, 7) is 0.286. The Labute approximate surface area is 203 Å². The van der Waals surface area contributed by atoms with Crippen LogP contribution in [0.15, 0.2) is 53.3 Å². The van der Waals surface area contributed by atoms with E-state index in [0.717, 1.165) is 11.1 Å². The fraction of sp³-hybridized carbons (Fsp3) is 0.0870. The molecule has 0 unspecified atom stereocenters. The molecule has 0 atom stereocenters. The number of hydrogen-bond acceptors (Lipinski definition) is 3. The van der Waals surface area contributed by atoms with Crippen molar-refractivity contribution in [2.45, 2.75) is 13.1 Å².